The van der Waals surface area contributed by atoms with E-state index in [0.717, 1.165) is 28.5 Å². The third kappa shape index (κ3) is 5.14. The summed E-state index contributed by atoms with van der Waals surface area (Å²) in [6.07, 6.45) is 11.6. The van der Waals surface area contributed by atoms with Crippen LogP contribution in [-0.2, 0) is 0 Å². The first-order valence-corrected chi connectivity index (χ1v) is 13.9. The topological polar surface area (TPSA) is 0 Å². The van der Waals surface area contributed by atoms with Crippen molar-refractivity contribution in [2.75, 3.05) is 0 Å². The Morgan fingerprint density at radius 1 is 0.897 bits per heavy atom. The van der Waals surface area contributed by atoms with Gasteiger partial charge >= 0.3 is 0 Å². The zero-order valence-electron chi connectivity index (χ0n) is 17.6. The van der Waals surface area contributed by atoms with E-state index >= 15 is 0 Å². The molecular weight excluding hydrogens is 395 g/mol. The second kappa shape index (κ2) is 9.79. The zero-order chi connectivity index (χ0) is 20.2. The molecule has 155 valence electrons. The van der Waals surface area contributed by atoms with Crippen LogP contribution in [0.1, 0.15) is 69.8 Å². The first-order valence-electron chi connectivity index (χ1n) is 11.5. The molecule has 0 atom stereocenters. The van der Waals surface area contributed by atoms with E-state index in [9.17, 15) is 4.39 Å². The summed E-state index contributed by atoms with van der Waals surface area (Å²) in [6, 6.07) is 16.9. The lowest BCUT2D eigenvalue weighted by atomic mass is 9.86. The predicted molar refractivity (Wildman–Crippen MR) is 125 cm³/mol. The van der Waals surface area contributed by atoms with Gasteiger partial charge in [0.15, 0.2) is 0 Å². The molecule has 0 unspecified atom stereocenters. The molecular formula is C26H33ClFSi. The standard InChI is InChI=1S/C26H33ClFSi/c1-2-3-19-4-11-24(12-5-19)29-16-14-22(15-17-29)20-6-8-21(9-7-20)23-10-13-25(27)26(28)18-23/h6-10,13,18-19,22,24H,2-5,11-12,14-17H2,1H3. The molecule has 1 heterocycles. The Morgan fingerprint density at radius 3 is 2.17 bits per heavy atom. The van der Waals surface area contributed by atoms with Crippen molar-refractivity contribution in [2.45, 2.75) is 81.8 Å². The zero-order valence-corrected chi connectivity index (χ0v) is 19.4. The van der Waals surface area contributed by atoms with Crippen molar-refractivity contribution >= 4 is 20.4 Å². The molecule has 29 heavy (non-hydrogen) atoms. The maximum Gasteiger partial charge on any atom is 0.142 e. The van der Waals surface area contributed by atoms with Crippen LogP contribution in [0.3, 0.4) is 0 Å². The molecule has 0 aromatic heterocycles. The van der Waals surface area contributed by atoms with Crippen LogP contribution in [0.4, 0.5) is 4.39 Å². The van der Waals surface area contributed by atoms with Crippen LogP contribution >= 0.6 is 11.6 Å². The summed E-state index contributed by atoms with van der Waals surface area (Å²) < 4.78 is 13.8. The van der Waals surface area contributed by atoms with E-state index in [2.05, 4.69) is 31.2 Å². The van der Waals surface area contributed by atoms with Crippen LogP contribution in [0.15, 0.2) is 42.5 Å². The Labute approximate surface area is 182 Å². The molecule has 2 aromatic rings. The molecule has 0 amide bonds. The highest BCUT2D eigenvalue weighted by Crippen LogP contribution is 2.44. The van der Waals surface area contributed by atoms with E-state index < -0.39 is 0 Å². The molecule has 0 N–H and O–H groups in total. The van der Waals surface area contributed by atoms with Crippen molar-refractivity contribution in [3.8, 4) is 11.1 Å². The maximum absolute atomic E-state index is 13.8. The first kappa shape index (κ1) is 21.1. The molecule has 1 aliphatic heterocycles. The normalized spacial score (nSPS) is 24.0. The molecule has 1 saturated heterocycles. The molecule has 0 spiro atoms. The monoisotopic (exact) mass is 427 g/mol. The van der Waals surface area contributed by atoms with Gasteiger partial charge in [-0.1, -0.05) is 99.5 Å². The van der Waals surface area contributed by atoms with E-state index in [1.54, 1.807) is 6.07 Å². The molecule has 4 rings (SSSR count). The maximum atomic E-state index is 13.8. The smallest absolute Gasteiger partial charge is 0.142 e. The average Bonchev–Trinajstić information content (AvgIpc) is 2.77. The van der Waals surface area contributed by atoms with Gasteiger partial charge in [-0.2, -0.15) is 0 Å². The summed E-state index contributed by atoms with van der Waals surface area (Å²) >= 11 is 5.81. The van der Waals surface area contributed by atoms with Gasteiger partial charge in [0, 0.05) is 0 Å². The third-order valence-corrected chi connectivity index (χ3v) is 11.3. The summed E-state index contributed by atoms with van der Waals surface area (Å²) in [4.78, 5) is 0. The Morgan fingerprint density at radius 2 is 1.55 bits per heavy atom. The Bertz CT molecular complexity index is 787. The van der Waals surface area contributed by atoms with E-state index in [0.29, 0.717) is 0 Å². The van der Waals surface area contributed by atoms with Gasteiger partial charge in [-0.3, -0.25) is 0 Å². The number of benzene rings is 2. The second-order valence-corrected chi connectivity index (χ2v) is 12.7. The molecule has 0 bridgehead atoms. The van der Waals surface area contributed by atoms with Crippen LogP contribution < -0.4 is 0 Å². The molecule has 2 aromatic carbocycles. The van der Waals surface area contributed by atoms with Gasteiger partial charge in [-0.05, 0) is 59.0 Å². The van der Waals surface area contributed by atoms with Crippen LogP contribution in [0.25, 0.3) is 11.1 Å². The summed E-state index contributed by atoms with van der Waals surface area (Å²) in [7, 11) is -0.140. The van der Waals surface area contributed by atoms with Gasteiger partial charge in [0.1, 0.15) is 5.82 Å². The van der Waals surface area contributed by atoms with Crippen molar-refractivity contribution in [2.24, 2.45) is 5.92 Å². The minimum atomic E-state index is -0.348. The van der Waals surface area contributed by atoms with Crippen molar-refractivity contribution in [1.82, 2.24) is 0 Å². The van der Waals surface area contributed by atoms with Crippen LogP contribution in [0.5, 0.6) is 0 Å². The van der Waals surface area contributed by atoms with Gasteiger partial charge in [-0.15, -0.1) is 0 Å². The Kier molecular flexibility index (Phi) is 7.13. The van der Waals surface area contributed by atoms with Crippen molar-refractivity contribution in [3.63, 3.8) is 0 Å². The van der Waals surface area contributed by atoms with Crippen LogP contribution in [0.2, 0.25) is 22.7 Å². The molecule has 2 aliphatic rings. The molecule has 1 aliphatic carbocycles. The SMILES string of the molecule is CCCC1CCC([Si]2CCC(c3ccc(-c4ccc(Cl)c(F)c4)cc3)CC2)CC1. The van der Waals surface area contributed by atoms with E-state index in [1.807, 2.05) is 6.07 Å². The Balaban J connectivity index is 1.31. The predicted octanol–water partition coefficient (Wildman–Crippen LogP) is 8.88. The van der Waals surface area contributed by atoms with Gasteiger partial charge in [0.2, 0.25) is 0 Å². The largest absolute Gasteiger partial charge is 0.205 e. The van der Waals surface area contributed by atoms with Gasteiger partial charge in [0.25, 0.3) is 0 Å². The Hall–Kier alpha value is -1.12. The fourth-order valence-electron chi connectivity index (χ4n) is 5.62. The highest BCUT2D eigenvalue weighted by Gasteiger charge is 2.32. The van der Waals surface area contributed by atoms with Crippen molar-refractivity contribution in [3.05, 3.63) is 58.9 Å². The van der Waals surface area contributed by atoms with Gasteiger partial charge in [0.05, 0.1) is 13.8 Å². The molecule has 2 fully saturated rings. The minimum absolute atomic E-state index is 0.140. The molecule has 0 nitrogen and oxygen atoms in total. The lowest BCUT2D eigenvalue weighted by Gasteiger charge is -2.37. The highest BCUT2D eigenvalue weighted by molar-refractivity contribution is 6.60. The lowest BCUT2D eigenvalue weighted by molar-refractivity contribution is 0.332. The van der Waals surface area contributed by atoms with Gasteiger partial charge in [-0.25, -0.2) is 4.39 Å². The quantitative estimate of drug-likeness (QED) is 0.418. The third-order valence-electron chi connectivity index (χ3n) is 7.38. The number of halogens is 2. The van der Waals surface area contributed by atoms with Gasteiger partial charge < -0.3 is 0 Å². The van der Waals surface area contributed by atoms with E-state index in [-0.39, 0.29) is 19.6 Å². The van der Waals surface area contributed by atoms with E-state index in [1.165, 1.54) is 75.1 Å². The summed E-state index contributed by atoms with van der Waals surface area (Å²) in [6.45, 7) is 2.33. The molecule has 1 radical (unpaired) electrons. The lowest BCUT2D eigenvalue weighted by Crippen LogP contribution is -2.29. The second-order valence-electron chi connectivity index (χ2n) is 9.19. The fourth-order valence-corrected chi connectivity index (χ4v) is 9.39. The first-order chi connectivity index (χ1) is 14.1. The van der Waals surface area contributed by atoms with E-state index in [4.69, 9.17) is 11.6 Å². The summed E-state index contributed by atoms with van der Waals surface area (Å²) in [5, 5.41) is 0.184. The van der Waals surface area contributed by atoms with Crippen molar-refractivity contribution in [1.29, 1.82) is 0 Å². The molecule has 1 saturated carbocycles. The number of hydrogen-bond acceptors (Lipinski definition) is 0. The van der Waals surface area contributed by atoms with Crippen LogP contribution in [-0.4, -0.2) is 8.80 Å². The number of hydrogen-bond donors (Lipinski definition) is 0. The average molecular weight is 428 g/mol. The molecule has 3 heteroatoms. The minimum Gasteiger partial charge on any atom is -0.205 e. The van der Waals surface area contributed by atoms with Crippen molar-refractivity contribution < 1.29 is 4.39 Å². The number of rotatable bonds is 5. The summed E-state index contributed by atoms with van der Waals surface area (Å²) in [5.41, 5.74) is 4.52. The highest BCUT2D eigenvalue weighted by atomic mass is 35.5. The fraction of sp³-hybridized carbons (Fsp3) is 0.538. The van der Waals surface area contributed by atoms with Crippen LogP contribution in [0, 0.1) is 11.7 Å². The summed E-state index contributed by atoms with van der Waals surface area (Å²) in [5.74, 6) is 1.40.